The Hall–Kier alpha value is -3.66. The van der Waals surface area contributed by atoms with E-state index >= 15 is 0 Å². The molecule has 0 bridgehead atoms. The van der Waals surface area contributed by atoms with Crippen LogP contribution in [-0.4, -0.2) is 11.9 Å². The monoisotopic (exact) mass is 370 g/mol. The van der Waals surface area contributed by atoms with Crippen molar-refractivity contribution in [3.8, 4) is 0 Å². The maximum absolute atomic E-state index is 12.9. The van der Waals surface area contributed by atoms with Gasteiger partial charge in [-0.2, -0.15) is 0 Å². The molecule has 0 radical (unpaired) electrons. The van der Waals surface area contributed by atoms with Crippen molar-refractivity contribution in [1.29, 1.82) is 0 Å². The van der Waals surface area contributed by atoms with Gasteiger partial charge in [-0.25, -0.2) is 4.79 Å². The van der Waals surface area contributed by atoms with Gasteiger partial charge < -0.3 is 9.47 Å². The maximum Gasteiger partial charge on any atom is 0.514 e. The van der Waals surface area contributed by atoms with Crippen molar-refractivity contribution < 1.29 is 19.1 Å². The number of carbonyl (C=O) groups excluding carboxylic acids is 2. The van der Waals surface area contributed by atoms with Crippen molar-refractivity contribution in [2.24, 2.45) is 0 Å². The highest BCUT2D eigenvalue weighted by Crippen LogP contribution is 2.35. The van der Waals surface area contributed by atoms with E-state index in [0.717, 1.165) is 11.1 Å². The highest BCUT2D eigenvalue weighted by molar-refractivity contribution is 6.20. The first kappa shape index (κ1) is 17.7. The number of ketones is 1. The zero-order chi connectivity index (χ0) is 19.3. The van der Waals surface area contributed by atoms with Gasteiger partial charge in [0, 0.05) is 23.1 Å². The van der Waals surface area contributed by atoms with Crippen molar-refractivity contribution in [2.75, 3.05) is 0 Å². The van der Waals surface area contributed by atoms with E-state index in [4.69, 9.17) is 9.47 Å². The van der Waals surface area contributed by atoms with E-state index in [1.807, 2.05) is 66.7 Å². The minimum Gasteiger partial charge on any atom is -0.429 e. The van der Waals surface area contributed by atoms with Crippen LogP contribution in [0.4, 0.5) is 4.79 Å². The molecule has 0 aliphatic heterocycles. The molecule has 0 atom stereocenters. The average Bonchev–Trinajstić information content (AvgIpc) is 3.00. The van der Waals surface area contributed by atoms with Crippen LogP contribution in [0.1, 0.15) is 27.0 Å². The van der Waals surface area contributed by atoms with Crippen LogP contribution >= 0.6 is 0 Å². The average molecular weight is 370 g/mol. The summed E-state index contributed by atoms with van der Waals surface area (Å²) in [5.41, 5.74) is 3.46. The number of allylic oxidation sites excluding steroid dienone is 1. The van der Waals surface area contributed by atoms with Gasteiger partial charge in [-0.3, -0.25) is 4.79 Å². The van der Waals surface area contributed by atoms with Gasteiger partial charge in [0.15, 0.2) is 5.78 Å². The third kappa shape index (κ3) is 3.71. The van der Waals surface area contributed by atoms with Crippen molar-refractivity contribution in [2.45, 2.75) is 13.0 Å². The summed E-state index contributed by atoms with van der Waals surface area (Å²) in [4.78, 5) is 25.2. The SMILES string of the molecule is O=C(OCc1ccccc1)OC1=C(Cc2ccccc2)C(=O)c2ccccc21. The molecule has 0 saturated carbocycles. The van der Waals surface area contributed by atoms with E-state index in [1.165, 1.54) is 0 Å². The quantitative estimate of drug-likeness (QED) is 0.580. The second-order valence-corrected chi connectivity index (χ2v) is 6.47. The number of rotatable bonds is 5. The van der Waals surface area contributed by atoms with E-state index in [1.54, 1.807) is 18.2 Å². The number of carbonyl (C=O) groups is 2. The molecule has 0 saturated heterocycles. The van der Waals surface area contributed by atoms with Gasteiger partial charge in [0.25, 0.3) is 0 Å². The third-order valence-corrected chi connectivity index (χ3v) is 4.57. The second kappa shape index (κ2) is 7.92. The highest BCUT2D eigenvalue weighted by Gasteiger charge is 2.32. The van der Waals surface area contributed by atoms with Gasteiger partial charge in [0.1, 0.15) is 12.4 Å². The Morgan fingerprint density at radius 2 is 1.29 bits per heavy atom. The predicted molar refractivity (Wildman–Crippen MR) is 106 cm³/mol. The van der Waals surface area contributed by atoms with Crippen LogP contribution in [0.5, 0.6) is 0 Å². The first-order chi connectivity index (χ1) is 13.7. The van der Waals surface area contributed by atoms with Gasteiger partial charge in [0.2, 0.25) is 0 Å². The first-order valence-corrected chi connectivity index (χ1v) is 9.02. The Morgan fingerprint density at radius 3 is 1.96 bits per heavy atom. The summed E-state index contributed by atoms with van der Waals surface area (Å²) >= 11 is 0. The highest BCUT2D eigenvalue weighted by atomic mass is 16.7. The molecular formula is C24H18O4. The third-order valence-electron chi connectivity index (χ3n) is 4.57. The molecule has 0 spiro atoms. The van der Waals surface area contributed by atoms with E-state index in [2.05, 4.69) is 0 Å². The number of hydrogen-bond donors (Lipinski definition) is 0. The van der Waals surface area contributed by atoms with Crippen LogP contribution in [0.3, 0.4) is 0 Å². The van der Waals surface area contributed by atoms with E-state index < -0.39 is 6.16 Å². The summed E-state index contributed by atoms with van der Waals surface area (Å²) in [6.07, 6.45) is -0.441. The predicted octanol–water partition coefficient (Wildman–Crippen LogP) is 5.19. The summed E-state index contributed by atoms with van der Waals surface area (Å²) in [5, 5.41) is 0. The first-order valence-electron chi connectivity index (χ1n) is 9.02. The van der Waals surface area contributed by atoms with Crippen molar-refractivity contribution in [3.05, 3.63) is 113 Å². The van der Waals surface area contributed by atoms with Crippen LogP contribution in [0.2, 0.25) is 0 Å². The Morgan fingerprint density at radius 1 is 0.714 bits per heavy atom. The van der Waals surface area contributed by atoms with Gasteiger partial charge in [-0.15, -0.1) is 0 Å². The maximum atomic E-state index is 12.9. The Balaban J connectivity index is 1.58. The van der Waals surface area contributed by atoms with Crippen molar-refractivity contribution in [3.63, 3.8) is 0 Å². The number of fused-ring (bicyclic) bond motifs is 1. The van der Waals surface area contributed by atoms with Crippen LogP contribution in [0.15, 0.2) is 90.5 Å². The zero-order valence-corrected chi connectivity index (χ0v) is 15.1. The molecule has 4 heteroatoms. The van der Waals surface area contributed by atoms with Crippen molar-refractivity contribution >= 4 is 17.7 Å². The fourth-order valence-electron chi connectivity index (χ4n) is 3.21. The summed E-state index contributed by atoms with van der Waals surface area (Å²) in [6.45, 7) is 0.108. The summed E-state index contributed by atoms with van der Waals surface area (Å²) in [6, 6.07) is 26.1. The lowest BCUT2D eigenvalue weighted by Crippen LogP contribution is -2.08. The normalized spacial score (nSPS) is 12.6. The fourth-order valence-corrected chi connectivity index (χ4v) is 3.21. The number of hydrogen-bond acceptors (Lipinski definition) is 4. The van der Waals surface area contributed by atoms with Gasteiger partial charge in [0.05, 0.1) is 0 Å². The molecule has 3 aromatic carbocycles. The Kier molecular flexibility index (Phi) is 5.02. The second-order valence-electron chi connectivity index (χ2n) is 6.47. The number of ether oxygens (including phenoxy) is 2. The van der Waals surface area contributed by atoms with Gasteiger partial charge in [-0.1, -0.05) is 84.9 Å². The molecule has 28 heavy (non-hydrogen) atoms. The van der Waals surface area contributed by atoms with Crippen LogP contribution < -0.4 is 0 Å². The van der Waals surface area contributed by atoms with E-state index in [-0.39, 0.29) is 18.1 Å². The summed E-state index contributed by atoms with van der Waals surface area (Å²) < 4.78 is 10.7. The summed E-state index contributed by atoms with van der Waals surface area (Å²) in [5.74, 6) is 0.160. The summed E-state index contributed by atoms with van der Waals surface area (Å²) in [7, 11) is 0. The molecule has 138 valence electrons. The van der Waals surface area contributed by atoms with Crippen LogP contribution in [0.25, 0.3) is 5.76 Å². The molecule has 4 nitrogen and oxygen atoms in total. The molecule has 0 fully saturated rings. The molecule has 0 unspecified atom stereocenters. The standard InChI is InChI=1S/C24H18O4/c25-22-19-13-7-8-14-20(19)23(21(22)15-17-9-3-1-4-10-17)28-24(26)27-16-18-11-5-2-6-12-18/h1-14H,15-16H2. The lowest BCUT2D eigenvalue weighted by molar-refractivity contribution is 0.0840. The van der Waals surface area contributed by atoms with Crippen LogP contribution in [0, 0.1) is 0 Å². The largest absolute Gasteiger partial charge is 0.514 e. The molecule has 1 aliphatic carbocycles. The van der Waals surface area contributed by atoms with Crippen LogP contribution in [-0.2, 0) is 22.5 Å². The smallest absolute Gasteiger partial charge is 0.429 e. The van der Waals surface area contributed by atoms with E-state index in [9.17, 15) is 9.59 Å². The van der Waals surface area contributed by atoms with Gasteiger partial charge in [-0.05, 0) is 11.1 Å². The molecule has 3 aromatic rings. The number of benzene rings is 3. The molecule has 0 amide bonds. The molecule has 0 aromatic heterocycles. The lowest BCUT2D eigenvalue weighted by Gasteiger charge is -2.10. The van der Waals surface area contributed by atoms with E-state index in [0.29, 0.717) is 23.1 Å². The minimum absolute atomic E-state index is 0.108. The fraction of sp³-hybridized carbons (Fsp3) is 0.0833. The molecule has 1 aliphatic rings. The Labute approximate surface area is 163 Å². The molecule has 0 heterocycles. The minimum atomic E-state index is -0.825. The zero-order valence-electron chi connectivity index (χ0n) is 15.1. The van der Waals surface area contributed by atoms with Crippen molar-refractivity contribution in [1.82, 2.24) is 0 Å². The Bertz CT molecular complexity index is 1040. The lowest BCUT2D eigenvalue weighted by atomic mass is 10.0. The molecule has 0 N–H and O–H groups in total. The molecular weight excluding hydrogens is 352 g/mol. The van der Waals surface area contributed by atoms with Gasteiger partial charge >= 0.3 is 6.16 Å². The number of Topliss-reactive ketones (excluding diaryl/α,β-unsaturated/α-hetero) is 1. The molecule has 4 rings (SSSR count). The topological polar surface area (TPSA) is 52.6 Å².